The number of rotatable bonds is 1. The fraction of sp³-hybridized carbons (Fsp3) is 0.364. The van der Waals surface area contributed by atoms with Crippen LogP contribution in [0.4, 0.5) is 0 Å². The number of carbonyl (C=O) groups excluding carboxylic acids is 1. The molecule has 0 saturated carbocycles. The number of hydrogen-bond donors (Lipinski definition) is 3. The van der Waals surface area contributed by atoms with E-state index in [1.807, 2.05) is 6.07 Å². The Bertz CT molecular complexity index is 404. The van der Waals surface area contributed by atoms with E-state index < -0.39 is 6.10 Å². The molecule has 4 N–H and O–H groups in total. The Labute approximate surface area is 88.1 Å². The van der Waals surface area contributed by atoms with E-state index in [9.17, 15) is 9.90 Å². The second-order valence-corrected chi connectivity index (χ2v) is 3.75. The van der Waals surface area contributed by atoms with Crippen molar-refractivity contribution in [2.45, 2.75) is 18.6 Å². The molecule has 1 aromatic rings. The Morgan fingerprint density at radius 1 is 1.60 bits per heavy atom. The van der Waals surface area contributed by atoms with E-state index in [2.05, 4.69) is 5.32 Å². The van der Waals surface area contributed by atoms with Crippen molar-refractivity contribution in [3.63, 3.8) is 0 Å². The summed E-state index contributed by atoms with van der Waals surface area (Å²) >= 11 is 0. The zero-order valence-electron chi connectivity index (χ0n) is 8.53. The van der Waals surface area contributed by atoms with Crippen molar-refractivity contribution in [3.05, 3.63) is 34.9 Å². The largest absolute Gasteiger partial charge is 0.391 e. The topological polar surface area (TPSA) is 75.3 Å². The summed E-state index contributed by atoms with van der Waals surface area (Å²) in [5.41, 5.74) is 8.18. The molecule has 4 nitrogen and oxygen atoms in total. The molecule has 0 spiro atoms. The predicted octanol–water partition coefficient (Wildman–Crippen LogP) is -0.0370. The van der Waals surface area contributed by atoms with Crippen LogP contribution >= 0.6 is 0 Å². The Morgan fingerprint density at radius 2 is 2.33 bits per heavy atom. The maximum Gasteiger partial charge on any atom is 0.251 e. The number of aliphatic hydroxyl groups is 1. The van der Waals surface area contributed by atoms with Gasteiger partial charge in [-0.25, -0.2) is 0 Å². The van der Waals surface area contributed by atoms with Gasteiger partial charge in [0, 0.05) is 19.0 Å². The van der Waals surface area contributed by atoms with Crippen molar-refractivity contribution in [2.24, 2.45) is 5.73 Å². The number of carbonyl (C=O) groups is 1. The molecular weight excluding hydrogens is 192 g/mol. The molecule has 1 aromatic carbocycles. The first-order valence-electron chi connectivity index (χ1n) is 4.92. The molecule has 0 heterocycles. The first-order chi connectivity index (χ1) is 7.15. The van der Waals surface area contributed by atoms with Crippen LogP contribution in [0, 0.1) is 0 Å². The van der Waals surface area contributed by atoms with E-state index >= 15 is 0 Å². The molecule has 15 heavy (non-hydrogen) atoms. The van der Waals surface area contributed by atoms with E-state index in [0.29, 0.717) is 12.0 Å². The second-order valence-electron chi connectivity index (χ2n) is 3.75. The Balaban J connectivity index is 2.49. The van der Waals surface area contributed by atoms with Gasteiger partial charge in [-0.05, 0) is 17.2 Å². The molecule has 0 saturated heterocycles. The summed E-state index contributed by atoms with van der Waals surface area (Å²) in [5.74, 6) is -0.131. The van der Waals surface area contributed by atoms with Crippen LogP contribution in [-0.4, -0.2) is 24.2 Å². The van der Waals surface area contributed by atoms with Crippen LogP contribution in [0.15, 0.2) is 18.2 Å². The van der Waals surface area contributed by atoms with Gasteiger partial charge in [0.25, 0.3) is 5.91 Å². The van der Waals surface area contributed by atoms with Crippen molar-refractivity contribution >= 4 is 5.91 Å². The van der Waals surface area contributed by atoms with Crippen molar-refractivity contribution < 1.29 is 9.90 Å². The van der Waals surface area contributed by atoms with E-state index in [1.54, 1.807) is 19.2 Å². The van der Waals surface area contributed by atoms with Gasteiger partial charge in [-0.1, -0.05) is 12.1 Å². The van der Waals surface area contributed by atoms with E-state index in [4.69, 9.17) is 5.73 Å². The molecule has 0 radical (unpaired) electrons. The molecule has 80 valence electrons. The van der Waals surface area contributed by atoms with E-state index in [-0.39, 0.29) is 11.9 Å². The van der Waals surface area contributed by atoms with Gasteiger partial charge in [0.05, 0.1) is 12.1 Å². The summed E-state index contributed by atoms with van der Waals surface area (Å²) in [5, 5.41) is 12.2. The molecule has 4 heteroatoms. The van der Waals surface area contributed by atoms with Crippen LogP contribution < -0.4 is 11.1 Å². The number of hydrogen-bond acceptors (Lipinski definition) is 3. The van der Waals surface area contributed by atoms with Gasteiger partial charge in [-0.15, -0.1) is 0 Å². The summed E-state index contributed by atoms with van der Waals surface area (Å²) in [7, 11) is 1.59. The average molecular weight is 206 g/mol. The van der Waals surface area contributed by atoms with Crippen molar-refractivity contribution in [3.8, 4) is 0 Å². The molecule has 1 aliphatic carbocycles. The number of aliphatic hydroxyl groups excluding tert-OH is 1. The summed E-state index contributed by atoms with van der Waals surface area (Å²) in [6, 6.07) is 5.04. The molecule has 1 aliphatic rings. The summed E-state index contributed by atoms with van der Waals surface area (Å²) < 4.78 is 0. The summed E-state index contributed by atoms with van der Waals surface area (Å²) in [4.78, 5) is 11.6. The van der Waals surface area contributed by atoms with E-state index in [1.165, 1.54) is 0 Å². The molecular formula is C11H14N2O2. The zero-order valence-corrected chi connectivity index (χ0v) is 8.53. The van der Waals surface area contributed by atoms with E-state index in [0.717, 1.165) is 11.1 Å². The number of nitrogens with one attached hydrogen (secondary N) is 1. The fourth-order valence-corrected chi connectivity index (χ4v) is 2.04. The van der Waals surface area contributed by atoms with Crippen LogP contribution in [0.3, 0.4) is 0 Å². The SMILES string of the molecule is CNC(=O)c1cccc2c1C[C@@H](O)[C@@H]2N. The van der Waals surface area contributed by atoms with Crippen LogP contribution in [-0.2, 0) is 6.42 Å². The Hall–Kier alpha value is -1.39. The van der Waals surface area contributed by atoms with Crippen LogP contribution in [0.1, 0.15) is 27.5 Å². The highest BCUT2D eigenvalue weighted by molar-refractivity contribution is 5.96. The maximum atomic E-state index is 11.6. The van der Waals surface area contributed by atoms with Gasteiger partial charge >= 0.3 is 0 Å². The molecule has 2 rings (SSSR count). The smallest absolute Gasteiger partial charge is 0.251 e. The third-order valence-corrected chi connectivity index (χ3v) is 2.87. The molecule has 0 fully saturated rings. The Morgan fingerprint density at radius 3 is 3.00 bits per heavy atom. The average Bonchev–Trinajstić information content (AvgIpc) is 2.54. The van der Waals surface area contributed by atoms with Crippen molar-refractivity contribution in [1.29, 1.82) is 0 Å². The Kier molecular flexibility index (Phi) is 2.46. The third-order valence-electron chi connectivity index (χ3n) is 2.87. The molecule has 0 aromatic heterocycles. The molecule has 1 amide bonds. The van der Waals surface area contributed by atoms with Gasteiger partial charge in [-0.3, -0.25) is 4.79 Å². The lowest BCUT2D eigenvalue weighted by atomic mass is 10.0. The van der Waals surface area contributed by atoms with Crippen molar-refractivity contribution in [1.82, 2.24) is 5.32 Å². The minimum atomic E-state index is -0.578. The molecule has 2 atom stereocenters. The number of fused-ring (bicyclic) bond motifs is 1. The van der Waals surface area contributed by atoms with Gasteiger partial charge in [0.2, 0.25) is 0 Å². The molecule has 0 unspecified atom stereocenters. The lowest BCUT2D eigenvalue weighted by molar-refractivity contribution is 0.0962. The number of benzene rings is 1. The predicted molar refractivity (Wildman–Crippen MR) is 56.5 cm³/mol. The van der Waals surface area contributed by atoms with Crippen LogP contribution in [0.5, 0.6) is 0 Å². The number of amides is 1. The first-order valence-corrected chi connectivity index (χ1v) is 4.92. The minimum absolute atomic E-state index is 0.131. The fourth-order valence-electron chi connectivity index (χ4n) is 2.04. The van der Waals surface area contributed by atoms with Crippen molar-refractivity contribution in [2.75, 3.05) is 7.05 Å². The normalized spacial score (nSPS) is 23.7. The summed E-state index contributed by atoms with van der Waals surface area (Å²) in [6.45, 7) is 0. The van der Waals surface area contributed by atoms with Gasteiger partial charge in [0.1, 0.15) is 0 Å². The van der Waals surface area contributed by atoms with Gasteiger partial charge < -0.3 is 16.2 Å². The lowest BCUT2D eigenvalue weighted by Gasteiger charge is -2.08. The van der Waals surface area contributed by atoms with Gasteiger partial charge in [0.15, 0.2) is 0 Å². The zero-order chi connectivity index (χ0) is 11.0. The number of nitrogens with two attached hydrogens (primary N) is 1. The third kappa shape index (κ3) is 1.52. The highest BCUT2D eigenvalue weighted by Crippen LogP contribution is 2.31. The first kappa shape index (κ1) is 10.1. The second kappa shape index (κ2) is 3.64. The van der Waals surface area contributed by atoms with Crippen LogP contribution in [0.2, 0.25) is 0 Å². The van der Waals surface area contributed by atoms with Gasteiger partial charge in [-0.2, -0.15) is 0 Å². The maximum absolute atomic E-state index is 11.6. The molecule has 0 bridgehead atoms. The summed E-state index contributed by atoms with van der Waals surface area (Å²) in [6.07, 6.45) is -0.120. The highest BCUT2D eigenvalue weighted by atomic mass is 16.3. The highest BCUT2D eigenvalue weighted by Gasteiger charge is 2.30. The van der Waals surface area contributed by atoms with Crippen LogP contribution in [0.25, 0.3) is 0 Å². The minimum Gasteiger partial charge on any atom is -0.391 e. The molecule has 0 aliphatic heterocycles. The monoisotopic (exact) mass is 206 g/mol. The standard InChI is InChI=1S/C11H14N2O2/c1-13-11(15)7-4-2-3-6-8(7)5-9(14)10(6)12/h2-4,9-10,14H,5,12H2,1H3,(H,13,15)/t9-,10-/m1/s1. The quantitative estimate of drug-likeness (QED) is 0.603. The lowest BCUT2D eigenvalue weighted by Crippen LogP contribution is -2.21.